The third kappa shape index (κ3) is 2.94. The fourth-order valence-corrected chi connectivity index (χ4v) is 3.14. The molecule has 1 aromatic carbocycles. The molecule has 2 rings (SSSR count). The molecule has 1 aromatic heterocycles. The van der Waals surface area contributed by atoms with E-state index in [4.69, 9.17) is 16.3 Å². The minimum absolute atomic E-state index is 0.359. The van der Waals surface area contributed by atoms with Gasteiger partial charge in [0, 0.05) is 26.4 Å². The number of thiophene rings is 1. The van der Waals surface area contributed by atoms with Crippen LogP contribution in [0.3, 0.4) is 0 Å². The third-order valence-electron chi connectivity index (χ3n) is 3.23. The van der Waals surface area contributed by atoms with E-state index >= 15 is 0 Å². The van der Waals surface area contributed by atoms with Crippen molar-refractivity contribution in [2.24, 2.45) is 0 Å². The monoisotopic (exact) mass is 295 g/mol. The maximum Gasteiger partial charge on any atom is 0.129 e. The number of hydrogen-bond acceptors (Lipinski definition) is 3. The molecule has 0 aliphatic carbocycles. The van der Waals surface area contributed by atoms with Crippen molar-refractivity contribution in [3.05, 3.63) is 39.7 Å². The summed E-state index contributed by atoms with van der Waals surface area (Å²) in [6.07, 6.45) is 0. The lowest BCUT2D eigenvalue weighted by atomic mass is 10.1. The highest BCUT2D eigenvalue weighted by molar-refractivity contribution is 7.15. The summed E-state index contributed by atoms with van der Waals surface area (Å²) in [5, 5.41) is 3.99. The molecule has 0 bridgehead atoms. The highest BCUT2D eigenvalue weighted by Gasteiger charge is 2.13. The molecule has 0 amide bonds. The van der Waals surface area contributed by atoms with Crippen molar-refractivity contribution >= 4 is 22.9 Å². The summed E-state index contributed by atoms with van der Waals surface area (Å²) in [6.45, 7) is 4.16. The second-order valence-electron chi connectivity index (χ2n) is 4.51. The molecule has 0 fully saturated rings. The van der Waals surface area contributed by atoms with E-state index in [2.05, 4.69) is 30.4 Å². The molecule has 0 saturated carbocycles. The van der Waals surface area contributed by atoms with E-state index in [9.17, 15) is 0 Å². The van der Waals surface area contributed by atoms with Crippen molar-refractivity contribution < 1.29 is 4.74 Å². The second-order valence-corrected chi connectivity index (χ2v) is 6.04. The van der Waals surface area contributed by atoms with Crippen LogP contribution in [0.25, 0.3) is 10.4 Å². The quantitative estimate of drug-likeness (QED) is 0.885. The van der Waals surface area contributed by atoms with Gasteiger partial charge >= 0.3 is 0 Å². The molecule has 1 heterocycles. The standard InChI is InChI=1S/C15H18ClNOS/c1-9-7-11(13(18-4)8-12(9)16)15-6-5-14(19-15)10(2)17-3/h5-8,10,17H,1-4H3. The van der Waals surface area contributed by atoms with Crippen molar-refractivity contribution in [3.63, 3.8) is 0 Å². The molecule has 0 radical (unpaired) electrons. The normalized spacial score (nSPS) is 12.5. The Balaban J connectivity index is 2.46. The summed E-state index contributed by atoms with van der Waals surface area (Å²) in [7, 11) is 3.65. The van der Waals surface area contributed by atoms with Crippen LogP contribution in [0.1, 0.15) is 23.4 Å². The van der Waals surface area contributed by atoms with E-state index in [1.807, 2.05) is 20.0 Å². The Morgan fingerprint density at radius 1 is 1.32 bits per heavy atom. The fraction of sp³-hybridized carbons (Fsp3) is 0.333. The first-order valence-electron chi connectivity index (χ1n) is 6.18. The number of benzene rings is 1. The van der Waals surface area contributed by atoms with E-state index in [-0.39, 0.29) is 0 Å². The molecule has 0 aliphatic rings. The summed E-state index contributed by atoms with van der Waals surface area (Å²) in [4.78, 5) is 2.51. The largest absolute Gasteiger partial charge is 0.496 e. The lowest BCUT2D eigenvalue weighted by molar-refractivity contribution is 0.416. The molecule has 0 aliphatic heterocycles. The Morgan fingerprint density at radius 2 is 2.05 bits per heavy atom. The number of rotatable bonds is 4. The molecule has 19 heavy (non-hydrogen) atoms. The fourth-order valence-electron chi connectivity index (χ4n) is 1.90. The zero-order valence-corrected chi connectivity index (χ0v) is 13.2. The molecular formula is C15H18ClNOS. The predicted molar refractivity (Wildman–Crippen MR) is 83.5 cm³/mol. The van der Waals surface area contributed by atoms with E-state index in [0.717, 1.165) is 21.9 Å². The van der Waals surface area contributed by atoms with Crippen molar-refractivity contribution in [2.45, 2.75) is 19.9 Å². The zero-order valence-electron chi connectivity index (χ0n) is 11.6. The molecule has 2 nitrogen and oxygen atoms in total. The van der Waals surface area contributed by atoms with Gasteiger partial charge in [0.2, 0.25) is 0 Å². The maximum absolute atomic E-state index is 6.14. The van der Waals surface area contributed by atoms with Crippen molar-refractivity contribution in [2.75, 3.05) is 14.2 Å². The van der Waals surface area contributed by atoms with Gasteiger partial charge < -0.3 is 10.1 Å². The lowest BCUT2D eigenvalue weighted by Crippen LogP contribution is -2.10. The summed E-state index contributed by atoms with van der Waals surface area (Å²) < 4.78 is 5.44. The number of hydrogen-bond donors (Lipinski definition) is 1. The van der Waals surface area contributed by atoms with Crippen LogP contribution in [0, 0.1) is 6.92 Å². The molecule has 102 valence electrons. The van der Waals surface area contributed by atoms with Gasteiger partial charge in [-0.05, 0) is 50.7 Å². The minimum Gasteiger partial charge on any atom is -0.496 e. The predicted octanol–water partition coefficient (Wildman–Crippen LogP) is 4.67. The molecule has 1 unspecified atom stereocenters. The van der Waals surface area contributed by atoms with E-state index in [1.165, 1.54) is 9.75 Å². The van der Waals surface area contributed by atoms with Crippen LogP contribution in [-0.2, 0) is 0 Å². The van der Waals surface area contributed by atoms with Crippen LogP contribution in [0.5, 0.6) is 5.75 Å². The van der Waals surface area contributed by atoms with Gasteiger partial charge in [0.15, 0.2) is 0 Å². The molecule has 0 spiro atoms. The van der Waals surface area contributed by atoms with Crippen LogP contribution in [0.15, 0.2) is 24.3 Å². The van der Waals surface area contributed by atoms with Crippen LogP contribution < -0.4 is 10.1 Å². The van der Waals surface area contributed by atoms with Gasteiger partial charge in [0.1, 0.15) is 5.75 Å². The van der Waals surface area contributed by atoms with Gasteiger partial charge in [-0.3, -0.25) is 0 Å². The number of methoxy groups -OCH3 is 1. The highest BCUT2D eigenvalue weighted by Crippen LogP contribution is 2.39. The maximum atomic E-state index is 6.14. The molecule has 1 atom stereocenters. The number of halogens is 1. The van der Waals surface area contributed by atoms with Crippen molar-refractivity contribution in [1.82, 2.24) is 5.32 Å². The molecule has 0 saturated heterocycles. The Hall–Kier alpha value is -1.03. The third-order valence-corrected chi connectivity index (χ3v) is 4.94. The van der Waals surface area contributed by atoms with Gasteiger partial charge in [0.05, 0.1) is 7.11 Å². The van der Waals surface area contributed by atoms with Crippen LogP contribution in [-0.4, -0.2) is 14.2 Å². The summed E-state index contributed by atoms with van der Waals surface area (Å²) in [5.41, 5.74) is 2.16. The van der Waals surface area contributed by atoms with Crippen LogP contribution in [0.4, 0.5) is 0 Å². The van der Waals surface area contributed by atoms with Crippen molar-refractivity contribution in [1.29, 1.82) is 0 Å². The first-order chi connectivity index (χ1) is 9.06. The second kappa shape index (κ2) is 5.95. The Bertz CT molecular complexity index is 580. The highest BCUT2D eigenvalue weighted by atomic mass is 35.5. The average molecular weight is 296 g/mol. The first-order valence-corrected chi connectivity index (χ1v) is 7.37. The minimum atomic E-state index is 0.359. The summed E-state index contributed by atoms with van der Waals surface area (Å²) in [5.74, 6) is 0.820. The Labute approximate surface area is 123 Å². The van der Waals surface area contributed by atoms with Crippen LogP contribution >= 0.6 is 22.9 Å². The Kier molecular flexibility index (Phi) is 4.50. The van der Waals surface area contributed by atoms with E-state index in [0.29, 0.717) is 6.04 Å². The smallest absolute Gasteiger partial charge is 0.129 e. The zero-order chi connectivity index (χ0) is 14.0. The molecular weight excluding hydrogens is 278 g/mol. The van der Waals surface area contributed by atoms with Gasteiger partial charge in [-0.1, -0.05) is 11.6 Å². The summed E-state index contributed by atoms with van der Waals surface area (Å²) in [6, 6.07) is 8.62. The molecule has 1 N–H and O–H groups in total. The number of aryl methyl sites for hydroxylation is 1. The van der Waals surface area contributed by atoms with Gasteiger partial charge in [-0.15, -0.1) is 11.3 Å². The van der Waals surface area contributed by atoms with E-state index < -0.39 is 0 Å². The van der Waals surface area contributed by atoms with Crippen LogP contribution in [0.2, 0.25) is 5.02 Å². The SMILES string of the molecule is CNC(C)c1ccc(-c2cc(C)c(Cl)cc2OC)s1. The molecule has 2 aromatic rings. The Morgan fingerprint density at radius 3 is 2.68 bits per heavy atom. The summed E-state index contributed by atoms with van der Waals surface area (Å²) >= 11 is 7.92. The van der Waals surface area contributed by atoms with E-state index in [1.54, 1.807) is 18.4 Å². The van der Waals surface area contributed by atoms with Gasteiger partial charge in [0.25, 0.3) is 0 Å². The van der Waals surface area contributed by atoms with Crippen molar-refractivity contribution in [3.8, 4) is 16.2 Å². The first kappa shape index (κ1) is 14.4. The topological polar surface area (TPSA) is 21.3 Å². The number of ether oxygens (including phenoxy) is 1. The number of nitrogens with one attached hydrogen (secondary N) is 1. The lowest BCUT2D eigenvalue weighted by Gasteiger charge is -2.10. The average Bonchev–Trinajstić information content (AvgIpc) is 2.90. The molecule has 4 heteroatoms. The van der Waals surface area contributed by atoms with Gasteiger partial charge in [-0.2, -0.15) is 0 Å². The van der Waals surface area contributed by atoms with Gasteiger partial charge in [-0.25, -0.2) is 0 Å².